The molecular formula is C28H46O3Sn2. The van der Waals surface area contributed by atoms with E-state index >= 15 is 0 Å². The molecule has 5 heteroatoms. The van der Waals surface area contributed by atoms with E-state index in [9.17, 15) is 0 Å². The van der Waals surface area contributed by atoms with Crippen LogP contribution in [0.25, 0.3) is 0 Å². The summed E-state index contributed by atoms with van der Waals surface area (Å²) < 4.78 is 25.9. The summed E-state index contributed by atoms with van der Waals surface area (Å²) in [7, 11) is 0. The Morgan fingerprint density at radius 1 is 0.606 bits per heavy atom. The average Bonchev–Trinajstić information content (AvgIpc) is 2.86. The molecule has 0 fully saturated rings. The van der Waals surface area contributed by atoms with Crippen LogP contribution in [0.1, 0.15) is 90.6 Å². The monoisotopic (exact) mass is 670 g/mol. The molecule has 0 saturated heterocycles. The fourth-order valence-corrected chi connectivity index (χ4v) is 45.5. The Balaban J connectivity index is 2.35. The average molecular weight is 668 g/mol. The predicted octanol–water partition coefficient (Wildman–Crippen LogP) is 9.08. The molecule has 4 unspecified atom stereocenters. The van der Waals surface area contributed by atoms with E-state index in [0.29, 0.717) is 0 Å². The third-order valence-electron chi connectivity index (χ3n) is 6.59. The van der Waals surface area contributed by atoms with E-state index in [4.69, 9.17) is 7.56 Å². The van der Waals surface area contributed by atoms with Crippen molar-refractivity contribution >= 4 is 38.4 Å². The van der Waals surface area contributed by atoms with Gasteiger partial charge in [-0.2, -0.15) is 0 Å². The Morgan fingerprint density at radius 3 is 1.27 bits per heavy atom. The van der Waals surface area contributed by atoms with Crippen LogP contribution in [0.2, 0.25) is 17.7 Å². The van der Waals surface area contributed by atoms with Gasteiger partial charge < -0.3 is 0 Å². The summed E-state index contributed by atoms with van der Waals surface area (Å²) in [4.78, 5) is 0. The molecule has 0 aromatic heterocycles. The van der Waals surface area contributed by atoms with Crippen LogP contribution in [0.3, 0.4) is 0 Å². The van der Waals surface area contributed by atoms with E-state index in [1.165, 1.54) is 36.8 Å². The molecular weight excluding hydrogens is 622 g/mol. The van der Waals surface area contributed by atoms with Crippen LogP contribution in [-0.4, -0.2) is 38.4 Å². The molecule has 0 bridgehead atoms. The molecule has 3 nitrogen and oxygen atoms in total. The Kier molecular flexibility index (Phi) is 13.4. The van der Waals surface area contributed by atoms with Gasteiger partial charge in [0.15, 0.2) is 0 Å². The standard InChI is InChI=1S/2C8H9O.2C4H9.2C2H5.O.2Sn/c2*1-7(9)8-5-3-2-4-6-8;2*1-3-4-2;2*1-2;;;/h2*2-7H,1H3;2*1,3-4H2,2H3;2*1H2,2H3;;;/q2*-1;;;;;;2*+1. The van der Waals surface area contributed by atoms with Crippen LogP contribution in [0.5, 0.6) is 0 Å². The van der Waals surface area contributed by atoms with Gasteiger partial charge in [-0.3, -0.25) is 0 Å². The zero-order chi connectivity index (χ0) is 24.2. The van der Waals surface area contributed by atoms with Gasteiger partial charge in [-0.15, -0.1) is 0 Å². The third-order valence-corrected chi connectivity index (χ3v) is 39.9. The quantitative estimate of drug-likeness (QED) is 0.167. The molecule has 184 valence electrons. The first-order valence-electron chi connectivity index (χ1n) is 13.1. The van der Waals surface area contributed by atoms with Crippen LogP contribution in [0.15, 0.2) is 60.7 Å². The number of unbranched alkanes of at least 4 members (excludes halogenated alkanes) is 2. The van der Waals surface area contributed by atoms with Gasteiger partial charge in [0.05, 0.1) is 0 Å². The van der Waals surface area contributed by atoms with E-state index in [-0.39, 0.29) is 12.2 Å². The molecule has 33 heavy (non-hydrogen) atoms. The fraction of sp³-hybridized carbons (Fsp3) is 0.571. The van der Waals surface area contributed by atoms with Gasteiger partial charge >= 0.3 is 215 Å². The Hall–Kier alpha value is -0.0826. The molecule has 4 atom stereocenters. The number of hydrogen-bond acceptors (Lipinski definition) is 3. The molecule has 0 aliphatic heterocycles. The second-order valence-corrected chi connectivity index (χ2v) is 32.3. The van der Waals surface area contributed by atoms with E-state index in [1.54, 1.807) is 0 Å². The van der Waals surface area contributed by atoms with Crippen molar-refractivity contribution in [2.45, 2.75) is 97.2 Å². The molecule has 0 heterocycles. The first-order chi connectivity index (χ1) is 15.9. The summed E-state index contributed by atoms with van der Waals surface area (Å²) in [6.45, 7) is 13.6. The minimum absolute atomic E-state index is 0.0670. The van der Waals surface area contributed by atoms with Gasteiger partial charge in [-0.25, -0.2) is 0 Å². The summed E-state index contributed by atoms with van der Waals surface area (Å²) >= 11 is -6.78. The number of benzene rings is 2. The minimum atomic E-state index is -3.39. The first kappa shape index (κ1) is 29.1. The zero-order valence-electron chi connectivity index (χ0n) is 21.8. The summed E-state index contributed by atoms with van der Waals surface area (Å²) in [6.07, 6.45) is 4.85. The van der Waals surface area contributed by atoms with Crippen molar-refractivity contribution in [1.82, 2.24) is 0 Å². The molecule has 0 amide bonds. The Bertz CT molecular complexity index is 708. The van der Waals surface area contributed by atoms with Crippen LogP contribution in [-0.2, 0) is 7.56 Å². The second-order valence-electron chi connectivity index (χ2n) is 9.18. The number of hydrogen-bond donors (Lipinski definition) is 0. The Morgan fingerprint density at radius 2 is 0.970 bits per heavy atom. The van der Waals surface area contributed by atoms with E-state index < -0.39 is 38.4 Å². The molecule has 2 rings (SSSR count). The molecule has 2 aromatic rings. The van der Waals surface area contributed by atoms with Gasteiger partial charge in [0.1, 0.15) is 0 Å². The van der Waals surface area contributed by atoms with E-state index in [1.807, 2.05) is 0 Å². The van der Waals surface area contributed by atoms with E-state index in [2.05, 4.69) is 102 Å². The molecule has 0 aliphatic rings. The number of rotatable bonds is 16. The van der Waals surface area contributed by atoms with Crippen LogP contribution >= 0.6 is 0 Å². The normalized spacial score (nSPS) is 17.2. The van der Waals surface area contributed by atoms with Crippen molar-refractivity contribution in [2.75, 3.05) is 0 Å². The molecule has 2 aromatic carbocycles. The van der Waals surface area contributed by atoms with Crippen molar-refractivity contribution in [3.63, 3.8) is 0 Å². The van der Waals surface area contributed by atoms with E-state index in [0.717, 1.165) is 17.7 Å². The first-order valence-corrected chi connectivity index (χ1v) is 25.8. The molecule has 0 spiro atoms. The fourth-order valence-electron chi connectivity index (χ4n) is 4.39. The van der Waals surface area contributed by atoms with Crippen molar-refractivity contribution in [2.24, 2.45) is 0 Å². The second kappa shape index (κ2) is 15.1. The molecule has 0 aliphatic carbocycles. The third kappa shape index (κ3) is 9.14. The molecule has 0 N–H and O–H groups in total. The van der Waals surface area contributed by atoms with Crippen LogP contribution in [0.4, 0.5) is 0 Å². The van der Waals surface area contributed by atoms with Gasteiger partial charge in [-0.05, 0) is 0 Å². The summed E-state index contributed by atoms with van der Waals surface area (Å²) in [5.41, 5.74) is 2.49. The zero-order valence-corrected chi connectivity index (χ0v) is 27.5. The SMILES string of the molecule is CCC[CH2][Sn]([CH2]C)([O]C(C)c1ccccc1)[O][Sn]([CH2]C)([CH2]CCC)[O]C(C)c1ccccc1. The predicted molar refractivity (Wildman–Crippen MR) is 145 cm³/mol. The van der Waals surface area contributed by atoms with Crippen molar-refractivity contribution in [1.29, 1.82) is 0 Å². The van der Waals surface area contributed by atoms with Crippen molar-refractivity contribution in [3.05, 3.63) is 71.8 Å². The van der Waals surface area contributed by atoms with Crippen molar-refractivity contribution in [3.8, 4) is 0 Å². The van der Waals surface area contributed by atoms with Gasteiger partial charge in [-0.1, -0.05) is 0 Å². The molecule has 0 saturated carbocycles. The van der Waals surface area contributed by atoms with Gasteiger partial charge in [0.25, 0.3) is 0 Å². The molecule has 0 radical (unpaired) electrons. The van der Waals surface area contributed by atoms with Gasteiger partial charge in [0, 0.05) is 0 Å². The van der Waals surface area contributed by atoms with Gasteiger partial charge in [0.2, 0.25) is 0 Å². The Labute approximate surface area is 213 Å². The van der Waals surface area contributed by atoms with Crippen LogP contribution in [0, 0.1) is 0 Å². The summed E-state index contributed by atoms with van der Waals surface area (Å²) in [5, 5.41) is 0. The summed E-state index contributed by atoms with van der Waals surface area (Å²) in [5.74, 6) is 0. The topological polar surface area (TPSA) is 27.7 Å². The van der Waals surface area contributed by atoms with Crippen molar-refractivity contribution < 1.29 is 7.56 Å². The maximum absolute atomic E-state index is 7.49. The summed E-state index contributed by atoms with van der Waals surface area (Å²) in [6, 6.07) is 21.3. The maximum atomic E-state index is 7.49. The van der Waals surface area contributed by atoms with Crippen LogP contribution < -0.4 is 0 Å².